The van der Waals surface area contributed by atoms with Crippen molar-refractivity contribution in [3.8, 4) is 0 Å². The number of piperidine rings is 1. The molecule has 0 unspecified atom stereocenters. The molecule has 0 bridgehead atoms. The number of nitrogens with zero attached hydrogens (tertiary/aromatic N) is 3. The molecule has 2 saturated heterocycles. The van der Waals surface area contributed by atoms with Crippen LogP contribution in [-0.4, -0.2) is 50.1 Å². The zero-order valence-corrected chi connectivity index (χ0v) is 20.2. The van der Waals surface area contributed by atoms with Crippen molar-refractivity contribution in [3.05, 3.63) is 86.2 Å². The van der Waals surface area contributed by atoms with Crippen LogP contribution in [0.3, 0.4) is 0 Å². The lowest BCUT2D eigenvalue weighted by Gasteiger charge is -2.36. The molecule has 0 aliphatic carbocycles. The van der Waals surface area contributed by atoms with Gasteiger partial charge in [0.1, 0.15) is 11.4 Å². The van der Waals surface area contributed by atoms with Gasteiger partial charge in [0.2, 0.25) is 0 Å². The monoisotopic (exact) mass is 472 g/mol. The molecule has 1 N–H and O–H groups in total. The minimum absolute atomic E-state index is 0.0429. The Morgan fingerprint density at radius 2 is 1.49 bits per heavy atom. The Morgan fingerprint density at radius 3 is 2.14 bits per heavy atom. The third-order valence-electron chi connectivity index (χ3n) is 7.34. The summed E-state index contributed by atoms with van der Waals surface area (Å²) in [5.41, 5.74) is 2.98. The second kappa shape index (κ2) is 9.94. The van der Waals surface area contributed by atoms with E-state index in [1.807, 2.05) is 52.3 Å². The lowest BCUT2D eigenvalue weighted by Crippen LogP contribution is -2.48. The first-order chi connectivity index (χ1) is 17.0. The Labute approximate surface area is 205 Å². The summed E-state index contributed by atoms with van der Waals surface area (Å²) in [6.07, 6.45) is 2.07. The normalized spacial score (nSPS) is 17.1. The van der Waals surface area contributed by atoms with E-state index in [1.54, 1.807) is 0 Å². The number of carbonyl (C=O) groups is 1. The Morgan fingerprint density at radius 1 is 0.829 bits per heavy atom. The molecule has 7 heteroatoms. The smallest absolute Gasteiger partial charge is 0.253 e. The third kappa shape index (κ3) is 4.81. The highest BCUT2D eigenvalue weighted by Crippen LogP contribution is 2.26. The van der Waals surface area contributed by atoms with Gasteiger partial charge in [-0.15, -0.1) is 0 Å². The second-order valence-electron chi connectivity index (χ2n) is 9.72. The molecule has 5 rings (SSSR count). The highest BCUT2D eigenvalue weighted by atomic mass is 16.2. The van der Waals surface area contributed by atoms with Gasteiger partial charge in [0.05, 0.1) is 0 Å². The molecule has 35 heavy (non-hydrogen) atoms. The van der Waals surface area contributed by atoms with Crippen molar-refractivity contribution >= 4 is 23.0 Å². The van der Waals surface area contributed by atoms with E-state index in [-0.39, 0.29) is 11.3 Å². The van der Waals surface area contributed by atoms with Crippen molar-refractivity contribution in [2.45, 2.75) is 26.3 Å². The van der Waals surface area contributed by atoms with E-state index in [2.05, 4.69) is 29.3 Å². The Balaban J connectivity index is 1.16. The van der Waals surface area contributed by atoms with Crippen LogP contribution in [0.4, 0.5) is 17.1 Å². The number of para-hydroxylation sites is 1. The van der Waals surface area contributed by atoms with Gasteiger partial charge in [-0.1, -0.05) is 37.3 Å². The Hall–Kier alpha value is -3.61. The number of benzene rings is 2. The summed E-state index contributed by atoms with van der Waals surface area (Å²) >= 11 is 0. The summed E-state index contributed by atoms with van der Waals surface area (Å²) in [6.45, 7) is 7.31. The average molecular weight is 473 g/mol. The molecular weight excluding hydrogens is 440 g/mol. The van der Waals surface area contributed by atoms with Crippen molar-refractivity contribution < 1.29 is 4.79 Å². The molecule has 1 amide bonds. The lowest BCUT2D eigenvalue weighted by molar-refractivity contribution is 0.0747. The minimum atomic E-state index is -0.430. The van der Waals surface area contributed by atoms with Crippen molar-refractivity contribution in [2.75, 3.05) is 54.4 Å². The maximum absolute atomic E-state index is 13.0. The molecule has 2 aliphatic heterocycles. The van der Waals surface area contributed by atoms with Crippen LogP contribution in [-0.2, 0) is 6.54 Å². The van der Waals surface area contributed by atoms with E-state index in [1.165, 1.54) is 5.69 Å². The van der Waals surface area contributed by atoms with Gasteiger partial charge in [0, 0.05) is 57.1 Å². The fourth-order valence-electron chi connectivity index (χ4n) is 5.02. The predicted molar refractivity (Wildman–Crippen MR) is 140 cm³/mol. The number of hydrogen-bond acceptors (Lipinski definition) is 6. The molecule has 2 heterocycles. The van der Waals surface area contributed by atoms with Gasteiger partial charge in [-0.25, -0.2) is 0 Å². The van der Waals surface area contributed by atoms with Crippen LogP contribution >= 0.6 is 0 Å². The number of rotatable bonds is 6. The Kier molecular flexibility index (Phi) is 6.57. The average Bonchev–Trinajstić information content (AvgIpc) is 2.92. The number of piperazine rings is 1. The van der Waals surface area contributed by atoms with Gasteiger partial charge in [-0.2, -0.15) is 0 Å². The Bertz CT molecular complexity index is 1230. The van der Waals surface area contributed by atoms with E-state index >= 15 is 0 Å². The van der Waals surface area contributed by atoms with Gasteiger partial charge in [-0.3, -0.25) is 14.4 Å². The topological polar surface area (TPSA) is 73.0 Å². The summed E-state index contributed by atoms with van der Waals surface area (Å²) in [5, 5.41) is 3.17. The number of carbonyl (C=O) groups excluding carboxylic acids is 1. The largest absolute Gasteiger partial charge is 0.376 e. The summed E-state index contributed by atoms with van der Waals surface area (Å²) < 4.78 is 0. The maximum atomic E-state index is 13.0. The molecule has 2 aliphatic rings. The second-order valence-corrected chi connectivity index (χ2v) is 9.72. The fraction of sp³-hybridized carbons (Fsp3) is 0.393. The summed E-state index contributed by atoms with van der Waals surface area (Å²) in [5.74, 6) is 0.699. The quantitative estimate of drug-likeness (QED) is 0.556. The molecule has 3 aromatic rings. The van der Waals surface area contributed by atoms with Crippen LogP contribution in [0, 0.1) is 5.92 Å². The van der Waals surface area contributed by atoms with Crippen LogP contribution < -0.4 is 26.0 Å². The maximum Gasteiger partial charge on any atom is 0.253 e. The fourth-order valence-corrected chi connectivity index (χ4v) is 5.02. The minimum Gasteiger partial charge on any atom is -0.376 e. The molecule has 0 aromatic heterocycles. The first-order valence-electron chi connectivity index (χ1n) is 12.5. The van der Waals surface area contributed by atoms with Gasteiger partial charge < -0.3 is 20.0 Å². The molecular formula is C28H32N4O3. The molecule has 7 nitrogen and oxygen atoms in total. The molecule has 182 valence electrons. The van der Waals surface area contributed by atoms with E-state index in [9.17, 15) is 14.4 Å². The number of amides is 1. The number of hydrogen-bond donors (Lipinski definition) is 1. The van der Waals surface area contributed by atoms with Crippen LogP contribution in [0.2, 0.25) is 0 Å². The lowest BCUT2D eigenvalue weighted by atomic mass is 9.98. The van der Waals surface area contributed by atoms with Crippen molar-refractivity contribution in [2.24, 2.45) is 5.92 Å². The molecule has 0 atom stereocenters. The first kappa shape index (κ1) is 23.1. The van der Waals surface area contributed by atoms with Crippen molar-refractivity contribution in [3.63, 3.8) is 0 Å². The van der Waals surface area contributed by atoms with Crippen LogP contribution in [0.5, 0.6) is 0 Å². The summed E-state index contributed by atoms with van der Waals surface area (Å²) in [6, 6.07) is 17.8. The predicted octanol–water partition coefficient (Wildman–Crippen LogP) is 3.09. The first-order valence-corrected chi connectivity index (χ1v) is 12.5. The van der Waals surface area contributed by atoms with Gasteiger partial charge in [0.25, 0.3) is 16.8 Å². The highest BCUT2D eigenvalue weighted by molar-refractivity contribution is 5.94. The van der Waals surface area contributed by atoms with Crippen LogP contribution in [0.1, 0.15) is 35.7 Å². The molecule has 0 radical (unpaired) electrons. The standard InChI is InChI=1S/C28H32N4O3/c1-20-11-13-31(14-12-20)25-24(26(33)27(25)34)29-19-21-7-9-22(10-8-21)28(35)32-17-15-30(16-18-32)23-5-3-2-4-6-23/h2-10,20,29H,11-19H2,1H3. The molecule has 3 aromatic carbocycles. The van der Waals surface area contributed by atoms with Gasteiger partial charge in [-0.05, 0) is 48.6 Å². The number of anilines is 3. The van der Waals surface area contributed by atoms with E-state index in [0.717, 1.165) is 44.6 Å². The molecule has 0 spiro atoms. The van der Waals surface area contributed by atoms with Gasteiger partial charge >= 0.3 is 0 Å². The van der Waals surface area contributed by atoms with E-state index < -0.39 is 5.43 Å². The zero-order chi connectivity index (χ0) is 24.4. The van der Waals surface area contributed by atoms with E-state index in [0.29, 0.717) is 42.5 Å². The van der Waals surface area contributed by atoms with Crippen molar-refractivity contribution in [1.29, 1.82) is 0 Å². The van der Waals surface area contributed by atoms with Gasteiger partial charge in [0.15, 0.2) is 0 Å². The zero-order valence-electron chi connectivity index (χ0n) is 20.2. The van der Waals surface area contributed by atoms with E-state index in [4.69, 9.17) is 0 Å². The molecule has 0 saturated carbocycles. The summed E-state index contributed by atoms with van der Waals surface area (Å²) in [4.78, 5) is 43.6. The third-order valence-corrected chi connectivity index (χ3v) is 7.34. The van der Waals surface area contributed by atoms with Crippen molar-refractivity contribution in [1.82, 2.24) is 4.90 Å². The SMILES string of the molecule is CC1CCN(c2c(NCc3ccc(C(=O)N4CCN(c5ccccc5)CC4)cc3)c(=O)c2=O)CC1. The number of nitrogens with one attached hydrogen (secondary N) is 1. The summed E-state index contributed by atoms with van der Waals surface area (Å²) in [7, 11) is 0. The molecule has 2 fully saturated rings. The van der Waals surface area contributed by atoms with Crippen LogP contribution in [0.15, 0.2) is 64.2 Å². The van der Waals surface area contributed by atoms with Crippen LogP contribution in [0.25, 0.3) is 0 Å². The highest BCUT2D eigenvalue weighted by Gasteiger charge is 2.28.